The third-order valence-electron chi connectivity index (χ3n) is 5.14. The molecule has 0 atom stereocenters. The Balaban J connectivity index is 1.89. The van der Waals surface area contributed by atoms with Gasteiger partial charge in [0.15, 0.2) is 0 Å². The number of nitrogens with zero attached hydrogens (tertiary/aromatic N) is 4. The Labute approximate surface area is 165 Å². The van der Waals surface area contributed by atoms with Gasteiger partial charge in [-0.15, -0.1) is 0 Å². The molecular formula is C19H26N4O4S. The van der Waals surface area contributed by atoms with Crippen molar-refractivity contribution in [2.24, 2.45) is 0 Å². The molecule has 1 aromatic carbocycles. The molecule has 0 unspecified atom stereocenters. The van der Waals surface area contributed by atoms with E-state index in [0.717, 1.165) is 11.1 Å². The highest BCUT2D eigenvalue weighted by molar-refractivity contribution is 7.89. The number of aromatic nitrogens is 2. The van der Waals surface area contributed by atoms with E-state index in [0.29, 0.717) is 38.8 Å². The zero-order valence-corrected chi connectivity index (χ0v) is 17.2. The van der Waals surface area contributed by atoms with Gasteiger partial charge in [-0.2, -0.15) is 9.40 Å². The molecule has 1 aromatic heterocycles. The van der Waals surface area contributed by atoms with Gasteiger partial charge in [0.1, 0.15) is 5.56 Å². The fraction of sp³-hybridized carbons (Fsp3) is 0.474. The van der Waals surface area contributed by atoms with Crippen LogP contribution in [0.4, 0.5) is 0 Å². The second-order valence-electron chi connectivity index (χ2n) is 7.31. The van der Waals surface area contributed by atoms with Crippen molar-refractivity contribution in [3.63, 3.8) is 0 Å². The van der Waals surface area contributed by atoms with Crippen LogP contribution in [0.3, 0.4) is 0 Å². The first kappa shape index (κ1) is 20.5. The number of piperazine rings is 1. The summed E-state index contributed by atoms with van der Waals surface area (Å²) >= 11 is 0. The normalized spacial score (nSPS) is 16.6. The summed E-state index contributed by atoms with van der Waals surface area (Å²) in [5.41, 5.74) is 1.69. The molecule has 1 fully saturated rings. The van der Waals surface area contributed by atoms with Gasteiger partial charge in [-0.05, 0) is 31.9 Å². The third-order valence-corrected chi connectivity index (χ3v) is 6.97. The summed E-state index contributed by atoms with van der Waals surface area (Å²) in [6.07, 6.45) is 1.30. The number of carboxylic acids is 1. The van der Waals surface area contributed by atoms with Crippen LogP contribution in [-0.2, 0) is 16.6 Å². The van der Waals surface area contributed by atoms with Crippen molar-refractivity contribution < 1.29 is 18.3 Å². The van der Waals surface area contributed by atoms with Gasteiger partial charge in [0, 0.05) is 38.4 Å². The topological polar surface area (TPSA) is 95.7 Å². The number of sulfonamides is 1. The first-order valence-electron chi connectivity index (χ1n) is 9.29. The van der Waals surface area contributed by atoms with Crippen molar-refractivity contribution in [3.8, 4) is 0 Å². The summed E-state index contributed by atoms with van der Waals surface area (Å²) in [6, 6.07) is 8.00. The summed E-state index contributed by atoms with van der Waals surface area (Å²) in [5.74, 6) is -1.30. The minimum atomic E-state index is -3.97. The Bertz CT molecular complexity index is 960. The molecule has 2 heterocycles. The number of benzene rings is 1. The molecule has 1 saturated heterocycles. The molecule has 0 bridgehead atoms. The number of carbonyl (C=O) groups is 1. The molecule has 28 heavy (non-hydrogen) atoms. The molecule has 2 aromatic rings. The van der Waals surface area contributed by atoms with Gasteiger partial charge in [-0.25, -0.2) is 13.2 Å². The molecule has 0 spiro atoms. The molecule has 0 saturated carbocycles. The van der Waals surface area contributed by atoms with Gasteiger partial charge < -0.3 is 5.11 Å². The Hall–Kier alpha value is -2.23. The van der Waals surface area contributed by atoms with E-state index >= 15 is 0 Å². The van der Waals surface area contributed by atoms with Crippen LogP contribution in [0, 0.1) is 6.92 Å². The van der Waals surface area contributed by atoms with Crippen molar-refractivity contribution in [2.75, 3.05) is 26.2 Å². The second-order valence-corrected chi connectivity index (χ2v) is 9.16. The van der Waals surface area contributed by atoms with E-state index in [4.69, 9.17) is 0 Å². The van der Waals surface area contributed by atoms with Crippen molar-refractivity contribution in [3.05, 3.63) is 47.2 Å². The Morgan fingerprint density at radius 1 is 1.18 bits per heavy atom. The van der Waals surface area contributed by atoms with Crippen LogP contribution in [0.2, 0.25) is 0 Å². The highest BCUT2D eigenvalue weighted by Crippen LogP contribution is 2.22. The molecule has 0 amide bonds. The smallest absolute Gasteiger partial charge is 0.340 e. The average molecular weight is 407 g/mol. The number of hydrogen-bond acceptors (Lipinski definition) is 5. The fourth-order valence-corrected chi connectivity index (χ4v) is 4.88. The molecule has 3 rings (SSSR count). The van der Waals surface area contributed by atoms with Gasteiger partial charge in [0.2, 0.25) is 5.03 Å². The predicted octanol–water partition coefficient (Wildman–Crippen LogP) is 1.65. The SMILES string of the molecule is Cc1ccccc1Cn1cc(C(=O)O)c(S(=O)(=O)N2CCN(C(C)C)CC2)n1. The fourth-order valence-electron chi connectivity index (χ4n) is 3.37. The van der Waals surface area contributed by atoms with Gasteiger partial charge in [-0.3, -0.25) is 9.58 Å². The van der Waals surface area contributed by atoms with E-state index in [1.807, 2.05) is 31.2 Å². The Kier molecular flexibility index (Phi) is 5.87. The zero-order valence-electron chi connectivity index (χ0n) is 16.4. The van der Waals surface area contributed by atoms with Gasteiger partial charge in [0.25, 0.3) is 10.0 Å². The number of carboxylic acid groups (broad SMARTS) is 1. The number of aromatic carboxylic acids is 1. The first-order valence-corrected chi connectivity index (χ1v) is 10.7. The van der Waals surface area contributed by atoms with Crippen molar-refractivity contribution in [1.29, 1.82) is 0 Å². The minimum absolute atomic E-state index is 0.292. The summed E-state index contributed by atoms with van der Waals surface area (Å²) in [7, 11) is -3.97. The predicted molar refractivity (Wildman–Crippen MR) is 105 cm³/mol. The third kappa shape index (κ3) is 4.11. The molecular weight excluding hydrogens is 380 g/mol. The van der Waals surface area contributed by atoms with Crippen LogP contribution in [0.1, 0.15) is 35.3 Å². The van der Waals surface area contributed by atoms with Crippen LogP contribution < -0.4 is 0 Å². The Morgan fingerprint density at radius 3 is 2.39 bits per heavy atom. The van der Waals surface area contributed by atoms with E-state index in [2.05, 4.69) is 23.8 Å². The highest BCUT2D eigenvalue weighted by atomic mass is 32.2. The largest absolute Gasteiger partial charge is 0.478 e. The monoisotopic (exact) mass is 406 g/mol. The lowest BCUT2D eigenvalue weighted by Crippen LogP contribution is -2.50. The average Bonchev–Trinajstić information content (AvgIpc) is 3.09. The summed E-state index contributed by atoms with van der Waals surface area (Å²) in [5, 5.41) is 13.3. The van der Waals surface area contributed by atoms with Gasteiger partial charge >= 0.3 is 5.97 Å². The second kappa shape index (κ2) is 8.02. The number of hydrogen-bond donors (Lipinski definition) is 1. The van der Waals surface area contributed by atoms with Crippen LogP contribution in [-0.4, -0.2) is 70.7 Å². The maximum atomic E-state index is 13.1. The molecule has 9 heteroatoms. The molecule has 0 aliphatic carbocycles. The summed E-state index contributed by atoms with van der Waals surface area (Å²) in [4.78, 5) is 13.9. The molecule has 152 valence electrons. The lowest BCUT2D eigenvalue weighted by molar-refractivity contribution is 0.0692. The van der Waals surface area contributed by atoms with E-state index in [-0.39, 0.29) is 10.6 Å². The maximum absolute atomic E-state index is 13.1. The quantitative estimate of drug-likeness (QED) is 0.784. The lowest BCUT2D eigenvalue weighted by atomic mass is 10.1. The molecule has 1 aliphatic heterocycles. The highest BCUT2D eigenvalue weighted by Gasteiger charge is 2.35. The van der Waals surface area contributed by atoms with E-state index in [9.17, 15) is 18.3 Å². The van der Waals surface area contributed by atoms with Crippen LogP contribution >= 0.6 is 0 Å². The summed E-state index contributed by atoms with van der Waals surface area (Å²) in [6.45, 7) is 8.27. The van der Waals surface area contributed by atoms with E-state index in [1.165, 1.54) is 15.2 Å². The van der Waals surface area contributed by atoms with Gasteiger partial charge in [0.05, 0.1) is 6.54 Å². The van der Waals surface area contributed by atoms with Crippen molar-refractivity contribution in [1.82, 2.24) is 19.0 Å². The van der Waals surface area contributed by atoms with Gasteiger partial charge in [-0.1, -0.05) is 24.3 Å². The summed E-state index contributed by atoms with van der Waals surface area (Å²) < 4.78 is 28.9. The van der Waals surface area contributed by atoms with Crippen molar-refractivity contribution >= 4 is 16.0 Å². The van der Waals surface area contributed by atoms with Crippen molar-refractivity contribution in [2.45, 2.75) is 38.4 Å². The minimum Gasteiger partial charge on any atom is -0.478 e. The molecule has 0 radical (unpaired) electrons. The van der Waals surface area contributed by atoms with Crippen LogP contribution in [0.25, 0.3) is 0 Å². The molecule has 8 nitrogen and oxygen atoms in total. The van der Waals surface area contributed by atoms with Crippen LogP contribution in [0.5, 0.6) is 0 Å². The van der Waals surface area contributed by atoms with E-state index < -0.39 is 16.0 Å². The first-order chi connectivity index (χ1) is 13.2. The lowest BCUT2D eigenvalue weighted by Gasteiger charge is -2.35. The number of aryl methyl sites for hydroxylation is 1. The molecule has 1 N–H and O–H groups in total. The zero-order chi connectivity index (χ0) is 20.5. The standard InChI is InChI=1S/C19H26N4O4S/c1-14(2)21-8-10-23(11-9-21)28(26,27)18-17(19(24)25)13-22(20-18)12-16-7-5-4-6-15(16)3/h4-7,13-14H,8-12H2,1-3H3,(H,24,25). The van der Waals surface area contributed by atoms with E-state index in [1.54, 1.807) is 0 Å². The maximum Gasteiger partial charge on any atom is 0.340 e. The Morgan fingerprint density at radius 2 is 1.82 bits per heavy atom. The molecule has 1 aliphatic rings. The number of rotatable bonds is 6. The van der Waals surface area contributed by atoms with Crippen LogP contribution in [0.15, 0.2) is 35.5 Å².